The van der Waals surface area contributed by atoms with E-state index in [1.54, 1.807) is 0 Å². The zero-order chi connectivity index (χ0) is 18.9. The van der Waals surface area contributed by atoms with E-state index in [9.17, 15) is 4.79 Å². The normalized spacial score (nSPS) is 15.5. The molecular weight excluding hydrogens is 301 g/mol. The molecule has 1 atom stereocenters. The van der Waals surface area contributed by atoms with Gasteiger partial charge in [-0.25, -0.2) is 0 Å². The van der Waals surface area contributed by atoms with Crippen molar-refractivity contribution in [2.45, 2.75) is 93.2 Å². The third-order valence-corrected chi connectivity index (χ3v) is 7.04. The third-order valence-electron chi connectivity index (χ3n) is 6.70. The Kier molecular flexibility index (Phi) is 7.38. The van der Waals surface area contributed by atoms with Gasteiger partial charge in [-0.05, 0) is 16.7 Å². The molecule has 1 radical (unpaired) electrons. The lowest BCUT2D eigenvalue weighted by Crippen LogP contribution is -2.50. The summed E-state index contributed by atoms with van der Waals surface area (Å²) in [4.78, 5) is 12.8. The Morgan fingerprint density at radius 1 is 1.00 bits per heavy atom. The summed E-state index contributed by atoms with van der Waals surface area (Å²) in [5.41, 5.74) is -0.343. The Morgan fingerprint density at radius 3 is 1.78 bits per heavy atom. The van der Waals surface area contributed by atoms with Crippen LogP contribution < -0.4 is 5.32 Å². The van der Waals surface area contributed by atoms with E-state index in [4.69, 9.17) is 0 Å². The van der Waals surface area contributed by atoms with Crippen LogP contribution in [0.25, 0.3) is 0 Å². The smallest absolute Gasteiger partial charge is 0.227 e. The van der Waals surface area contributed by atoms with E-state index in [1.165, 1.54) is 0 Å². The fourth-order valence-electron chi connectivity index (χ4n) is 2.12. The van der Waals surface area contributed by atoms with Crippen molar-refractivity contribution in [1.82, 2.24) is 5.32 Å². The van der Waals surface area contributed by atoms with Gasteiger partial charge < -0.3 is 5.32 Å². The SMILES string of the molecule is CC(C)C(C)(C)C(C)(C)C(=O)NC(S)C[B]C(C)(C)C(C)(C)C. The molecule has 0 saturated carbocycles. The second-order valence-corrected chi connectivity index (χ2v) is 10.5. The van der Waals surface area contributed by atoms with E-state index in [1.807, 2.05) is 13.8 Å². The number of amides is 1. The van der Waals surface area contributed by atoms with Crippen LogP contribution in [0.3, 0.4) is 0 Å². The van der Waals surface area contributed by atoms with Gasteiger partial charge in [0.1, 0.15) is 7.28 Å². The van der Waals surface area contributed by atoms with Gasteiger partial charge >= 0.3 is 0 Å². The van der Waals surface area contributed by atoms with Crippen LogP contribution in [0, 0.1) is 22.2 Å². The third kappa shape index (κ3) is 5.44. The number of carbonyl (C=O) groups excluding carboxylic acids is 1. The number of hydrogen-bond donors (Lipinski definition) is 2. The van der Waals surface area contributed by atoms with Crippen LogP contribution >= 0.6 is 12.6 Å². The van der Waals surface area contributed by atoms with Crippen LogP contribution in [-0.4, -0.2) is 18.6 Å². The van der Waals surface area contributed by atoms with Crippen LogP contribution in [0.2, 0.25) is 11.6 Å². The summed E-state index contributed by atoms with van der Waals surface area (Å²) < 4.78 is 0. The lowest BCUT2D eigenvalue weighted by Gasteiger charge is -2.44. The van der Waals surface area contributed by atoms with Gasteiger partial charge in [-0.3, -0.25) is 4.79 Å². The first kappa shape index (κ1) is 22.9. The van der Waals surface area contributed by atoms with E-state index in [0.717, 1.165) is 6.32 Å². The Morgan fingerprint density at radius 2 is 1.43 bits per heavy atom. The average molecular weight is 340 g/mol. The van der Waals surface area contributed by atoms with Crippen molar-refractivity contribution in [1.29, 1.82) is 0 Å². The van der Waals surface area contributed by atoms with Crippen molar-refractivity contribution >= 4 is 25.8 Å². The standard InChI is InChI=1S/C19H39BNOS/c1-13(2)17(6,7)18(8,9)15(22)21-14(23)12-20-19(10,11)16(3,4)5/h13-14,23H,12H2,1-11H3,(H,21,22). The highest BCUT2D eigenvalue weighted by molar-refractivity contribution is 7.81. The monoisotopic (exact) mass is 340 g/mol. The minimum atomic E-state index is -0.443. The largest absolute Gasteiger partial charge is 0.345 e. The Labute approximate surface area is 151 Å². The molecule has 4 heteroatoms. The molecule has 135 valence electrons. The molecule has 0 rings (SSSR count). The molecule has 0 fully saturated rings. The Hall–Kier alpha value is -0.115. The fourth-order valence-corrected chi connectivity index (χ4v) is 2.34. The van der Waals surface area contributed by atoms with Crippen molar-refractivity contribution in [3.63, 3.8) is 0 Å². The summed E-state index contributed by atoms with van der Waals surface area (Å²) in [5.74, 6) is 0.506. The van der Waals surface area contributed by atoms with Gasteiger partial charge in [0.05, 0.1) is 5.37 Å². The number of carbonyl (C=O) groups is 1. The number of hydrogen-bond acceptors (Lipinski definition) is 2. The summed E-state index contributed by atoms with van der Waals surface area (Å²) >= 11 is 4.59. The van der Waals surface area contributed by atoms with Gasteiger partial charge in [0.25, 0.3) is 0 Å². The van der Waals surface area contributed by atoms with E-state index < -0.39 is 5.41 Å². The van der Waals surface area contributed by atoms with Crippen LogP contribution in [0.4, 0.5) is 0 Å². The first-order valence-electron chi connectivity index (χ1n) is 8.80. The topological polar surface area (TPSA) is 29.1 Å². The molecule has 0 aromatic rings. The van der Waals surface area contributed by atoms with E-state index in [0.29, 0.717) is 5.92 Å². The van der Waals surface area contributed by atoms with Gasteiger partial charge in [-0.15, -0.1) is 0 Å². The Balaban J connectivity index is 4.81. The second-order valence-electron chi connectivity index (χ2n) is 9.90. The molecule has 1 unspecified atom stereocenters. The van der Waals surface area contributed by atoms with Crippen molar-refractivity contribution in [2.24, 2.45) is 22.2 Å². The van der Waals surface area contributed by atoms with Crippen molar-refractivity contribution in [2.75, 3.05) is 0 Å². The highest BCUT2D eigenvalue weighted by Gasteiger charge is 2.45. The summed E-state index contributed by atoms with van der Waals surface area (Å²) in [5, 5.41) is 3.04. The number of nitrogens with one attached hydrogen (secondary N) is 1. The molecule has 1 amide bonds. The lowest BCUT2D eigenvalue weighted by molar-refractivity contribution is -0.137. The highest BCUT2D eigenvalue weighted by Crippen LogP contribution is 2.45. The van der Waals surface area contributed by atoms with Crippen LogP contribution in [0.15, 0.2) is 0 Å². The molecule has 1 N–H and O–H groups in total. The van der Waals surface area contributed by atoms with Crippen LogP contribution in [0.1, 0.15) is 76.2 Å². The van der Waals surface area contributed by atoms with Crippen molar-refractivity contribution < 1.29 is 4.79 Å². The fraction of sp³-hybridized carbons (Fsp3) is 0.947. The van der Waals surface area contributed by atoms with Crippen molar-refractivity contribution in [3.05, 3.63) is 0 Å². The number of rotatable bonds is 7. The van der Waals surface area contributed by atoms with E-state index in [2.05, 4.69) is 87.5 Å². The molecule has 23 heavy (non-hydrogen) atoms. The molecule has 0 aliphatic carbocycles. The zero-order valence-corrected chi connectivity index (χ0v) is 18.2. The van der Waals surface area contributed by atoms with Gasteiger partial charge in [-0.1, -0.05) is 87.8 Å². The molecular formula is C19H39BNOS. The highest BCUT2D eigenvalue weighted by atomic mass is 32.1. The average Bonchev–Trinajstić information content (AvgIpc) is 2.34. The van der Waals surface area contributed by atoms with Crippen LogP contribution in [-0.2, 0) is 4.79 Å². The summed E-state index contributed by atoms with van der Waals surface area (Å²) in [6, 6.07) is 0. The summed E-state index contributed by atoms with van der Waals surface area (Å²) in [6.45, 7) is 23.9. The summed E-state index contributed by atoms with van der Waals surface area (Å²) in [6.07, 6.45) is 0.761. The molecule has 0 aromatic heterocycles. The van der Waals surface area contributed by atoms with E-state index in [-0.39, 0.29) is 27.4 Å². The predicted octanol–water partition coefficient (Wildman–Crippen LogP) is 5.43. The minimum absolute atomic E-state index is 0.0816. The molecule has 0 aliphatic rings. The zero-order valence-electron chi connectivity index (χ0n) is 17.3. The predicted molar refractivity (Wildman–Crippen MR) is 107 cm³/mol. The van der Waals surface area contributed by atoms with Gasteiger partial charge in [0.2, 0.25) is 5.91 Å². The molecule has 0 bridgehead atoms. The second kappa shape index (κ2) is 7.41. The first-order chi connectivity index (χ1) is 9.97. The van der Waals surface area contributed by atoms with Gasteiger partial charge in [-0.2, -0.15) is 12.6 Å². The maximum absolute atomic E-state index is 12.8. The van der Waals surface area contributed by atoms with E-state index >= 15 is 0 Å². The molecule has 2 nitrogen and oxygen atoms in total. The maximum atomic E-state index is 12.8. The minimum Gasteiger partial charge on any atom is -0.345 e. The molecule has 0 aromatic carbocycles. The quantitative estimate of drug-likeness (QED) is 0.361. The van der Waals surface area contributed by atoms with Crippen LogP contribution in [0.5, 0.6) is 0 Å². The molecule has 0 spiro atoms. The van der Waals surface area contributed by atoms with Crippen molar-refractivity contribution in [3.8, 4) is 0 Å². The lowest BCUT2D eigenvalue weighted by atomic mass is 9.43. The first-order valence-corrected chi connectivity index (χ1v) is 9.32. The maximum Gasteiger partial charge on any atom is 0.227 e. The molecule has 0 saturated heterocycles. The molecule has 0 aliphatic heterocycles. The molecule has 0 heterocycles. The Bertz CT molecular complexity index is 408. The van der Waals surface area contributed by atoms with Gasteiger partial charge in [0, 0.05) is 5.41 Å². The summed E-state index contributed by atoms with van der Waals surface area (Å²) in [7, 11) is 2.28. The number of thiol groups is 1. The van der Waals surface area contributed by atoms with Gasteiger partial charge in [0.15, 0.2) is 0 Å².